The Morgan fingerprint density at radius 1 is 1.10 bits per heavy atom. The Balaban J connectivity index is 1.22. The number of piperidine rings is 1. The van der Waals surface area contributed by atoms with Crippen LogP contribution in [0.25, 0.3) is 32.8 Å². The molecule has 3 atom stereocenters. The zero-order valence-corrected chi connectivity index (χ0v) is 24.7. The minimum atomic E-state index is -0.154. The topological polar surface area (TPSA) is 98.5 Å². The molecule has 216 valence electrons. The molecule has 0 radical (unpaired) electrons. The zero-order valence-electron chi connectivity index (χ0n) is 23.9. The van der Waals surface area contributed by atoms with E-state index in [0.717, 1.165) is 74.2 Å². The number of fused-ring (bicyclic) bond motifs is 4. The van der Waals surface area contributed by atoms with Crippen molar-refractivity contribution in [2.75, 3.05) is 13.7 Å². The van der Waals surface area contributed by atoms with Crippen LogP contribution in [0.1, 0.15) is 73.2 Å². The molecule has 3 aromatic heterocycles. The summed E-state index contributed by atoms with van der Waals surface area (Å²) in [4.78, 5) is 20.8. The van der Waals surface area contributed by atoms with Crippen molar-refractivity contribution < 1.29 is 14.6 Å². The molecule has 4 aromatic rings. The molecule has 1 aromatic carbocycles. The number of rotatable bonds is 6. The molecule has 8 rings (SSSR count). The van der Waals surface area contributed by atoms with Gasteiger partial charge in [-0.1, -0.05) is 0 Å². The van der Waals surface area contributed by atoms with Crippen LogP contribution in [0.2, 0.25) is 0 Å². The van der Waals surface area contributed by atoms with Gasteiger partial charge in [0.05, 0.1) is 34.6 Å². The number of methoxy groups -OCH3 is 1. The highest BCUT2D eigenvalue weighted by molar-refractivity contribution is 7.17. The van der Waals surface area contributed by atoms with Crippen LogP contribution in [0.15, 0.2) is 23.6 Å². The second-order valence-electron chi connectivity index (χ2n) is 13.0. The summed E-state index contributed by atoms with van der Waals surface area (Å²) in [5.74, 6) is 3.22. The molecule has 1 amide bonds. The number of aliphatic hydroxyl groups is 1. The Morgan fingerprint density at radius 3 is 2.59 bits per heavy atom. The molecule has 4 fully saturated rings. The number of aryl methyl sites for hydroxylation is 1. The van der Waals surface area contributed by atoms with Crippen molar-refractivity contribution in [1.82, 2.24) is 19.0 Å². The number of hydrogen-bond donors (Lipinski definition) is 2. The molecule has 3 N–H and O–H groups in total. The van der Waals surface area contributed by atoms with E-state index in [1.54, 1.807) is 7.11 Å². The molecule has 4 aliphatic rings. The quantitative estimate of drug-likeness (QED) is 0.328. The lowest BCUT2D eigenvalue weighted by Gasteiger charge is -2.27. The van der Waals surface area contributed by atoms with Gasteiger partial charge in [-0.2, -0.15) is 0 Å². The van der Waals surface area contributed by atoms with Crippen LogP contribution in [-0.2, 0) is 13.6 Å². The third-order valence-corrected chi connectivity index (χ3v) is 11.4. The number of nitrogens with zero attached hydrogens (tertiary/aromatic N) is 4. The fourth-order valence-corrected chi connectivity index (χ4v) is 9.05. The van der Waals surface area contributed by atoms with E-state index in [4.69, 9.17) is 15.5 Å². The van der Waals surface area contributed by atoms with Crippen LogP contribution in [-0.4, -0.2) is 61.9 Å². The second kappa shape index (κ2) is 9.57. The molecule has 41 heavy (non-hydrogen) atoms. The minimum absolute atomic E-state index is 0.0277. The van der Waals surface area contributed by atoms with E-state index >= 15 is 0 Å². The summed E-state index contributed by atoms with van der Waals surface area (Å²) in [6.45, 7) is 1.74. The van der Waals surface area contributed by atoms with Gasteiger partial charge in [-0.3, -0.25) is 4.79 Å². The number of benzene rings is 1. The van der Waals surface area contributed by atoms with E-state index in [9.17, 15) is 9.90 Å². The Bertz CT molecular complexity index is 1660. The highest BCUT2D eigenvalue weighted by Gasteiger charge is 2.47. The number of thiophene rings is 1. The van der Waals surface area contributed by atoms with Crippen molar-refractivity contribution in [2.45, 2.75) is 82.0 Å². The van der Waals surface area contributed by atoms with Crippen LogP contribution in [0, 0.1) is 11.8 Å². The SMILES string of the molecule is COc1cc(C(=O)N2C[C@H]3CC[C@@H]2[C@@H]3N)cc2nc(-c3cc4scc(C5CCC(O)CC5)c4n3CC3CC3)n(C)c12. The van der Waals surface area contributed by atoms with Crippen LogP contribution < -0.4 is 10.5 Å². The number of amides is 1. The largest absolute Gasteiger partial charge is 0.494 e. The molecule has 9 heteroatoms. The molecule has 8 nitrogen and oxygen atoms in total. The Labute approximate surface area is 244 Å². The number of aliphatic hydroxyl groups excluding tert-OH is 1. The van der Waals surface area contributed by atoms with Gasteiger partial charge in [0.1, 0.15) is 11.3 Å². The standard InChI is InChI=1S/C32H39N5O3S/c1-35-30-23(11-20(12-26(30)40-2)32(39)37-15-19-7-10-24(37)28(19)33)34-31(35)25-13-27-29(36(25)14-17-3-4-17)22(16-41-27)18-5-8-21(38)9-6-18/h11-13,16-19,21,24,28,38H,3-10,14-15,33H2,1-2H3/t18?,19-,21?,24-,28-/m1/s1. The van der Waals surface area contributed by atoms with Gasteiger partial charge in [0, 0.05) is 37.8 Å². The van der Waals surface area contributed by atoms with Gasteiger partial charge in [0.2, 0.25) is 0 Å². The first kappa shape index (κ1) is 25.8. The van der Waals surface area contributed by atoms with Crippen molar-refractivity contribution in [3.63, 3.8) is 0 Å². The number of ether oxygens (including phenoxy) is 1. The van der Waals surface area contributed by atoms with Crippen LogP contribution >= 0.6 is 11.3 Å². The van der Waals surface area contributed by atoms with E-state index in [0.29, 0.717) is 29.1 Å². The molecular weight excluding hydrogens is 534 g/mol. The third-order valence-electron chi connectivity index (χ3n) is 10.5. The maximum Gasteiger partial charge on any atom is 0.254 e. The van der Waals surface area contributed by atoms with Crippen molar-refractivity contribution in [3.05, 3.63) is 34.7 Å². The molecule has 1 aliphatic heterocycles. The highest BCUT2D eigenvalue weighted by atomic mass is 32.1. The Morgan fingerprint density at radius 2 is 1.90 bits per heavy atom. The maximum absolute atomic E-state index is 13.7. The first-order valence-electron chi connectivity index (χ1n) is 15.3. The van der Waals surface area contributed by atoms with E-state index < -0.39 is 0 Å². The van der Waals surface area contributed by atoms with Gasteiger partial charge in [0.15, 0.2) is 5.82 Å². The Hall–Kier alpha value is -2.88. The molecule has 2 bridgehead atoms. The van der Waals surface area contributed by atoms with Gasteiger partial charge in [-0.05, 0) is 98.3 Å². The van der Waals surface area contributed by atoms with Crippen LogP contribution in [0.3, 0.4) is 0 Å². The lowest BCUT2D eigenvalue weighted by atomic mass is 9.83. The monoisotopic (exact) mass is 573 g/mol. The van der Waals surface area contributed by atoms with Gasteiger partial charge in [0.25, 0.3) is 5.91 Å². The summed E-state index contributed by atoms with van der Waals surface area (Å²) < 4.78 is 11.8. The number of carbonyl (C=O) groups is 1. The summed E-state index contributed by atoms with van der Waals surface area (Å²) in [6, 6.07) is 6.35. The zero-order chi connectivity index (χ0) is 28.0. The summed E-state index contributed by atoms with van der Waals surface area (Å²) in [7, 11) is 3.72. The minimum Gasteiger partial charge on any atom is -0.494 e. The van der Waals surface area contributed by atoms with Gasteiger partial charge < -0.3 is 29.6 Å². The van der Waals surface area contributed by atoms with Crippen LogP contribution in [0.4, 0.5) is 0 Å². The highest BCUT2D eigenvalue weighted by Crippen LogP contribution is 2.45. The normalized spacial score (nSPS) is 27.9. The summed E-state index contributed by atoms with van der Waals surface area (Å²) in [6.07, 6.45) is 8.35. The number of hydrogen-bond acceptors (Lipinski definition) is 6. The Kier molecular flexibility index (Phi) is 6.03. The summed E-state index contributed by atoms with van der Waals surface area (Å²) >= 11 is 1.83. The number of likely N-dealkylation sites (tertiary alicyclic amines) is 1. The van der Waals surface area contributed by atoms with Crippen LogP contribution in [0.5, 0.6) is 5.75 Å². The van der Waals surface area contributed by atoms with E-state index in [1.807, 2.05) is 28.4 Å². The molecule has 1 saturated heterocycles. The molecule has 0 spiro atoms. The number of carbonyl (C=O) groups excluding carboxylic acids is 1. The average molecular weight is 574 g/mol. The van der Waals surface area contributed by atoms with Crippen molar-refractivity contribution in [1.29, 1.82) is 0 Å². The average Bonchev–Trinajstić information content (AvgIpc) is 3.22. The van der Waals surface area contributed by atoms with E-state index in [-0.39, 0.29) is 24.1 Å². The second-order valence-corrected chi connectivity index (χ2v) is 13.9. The number of aromatic nitrogens is 3. The van der Waals surface area contributed by atoms with E-state index in [2.05, 4.69) is 27.6 Å². The van der Waals surface area contributed by atoms with Gasteiger partial charge in [-0.15, -0.1) is 11.3 Å². The molecular formula is C32H39N5O3S. The third kappa shape index (κ3) is 4.07. The smallest absolute Gasteiger partial charge is 0.254 e. The number of nitrogens with two attached hydrogens (primary N) is 1. The molecule has 0 unspecified atom stereocenters. The predicted molar refractivity (Wildman–Crippen MR) is 162 cm³/mol. The van der Waals surface area contributed by atoms with Gasteiger partial charge in [-0.25, -0.2) is 4.98 Å². The fourth-order valence-electron chi connectivity index (χ4n) is 7.97. The molecule has 3 aliphatic carbocycles. The maximum atomic E-state index is 13.7. The number of imidazole rings is 1. The van der Waals surface area contributed by atoms with Crippen molar-refractivity contribution >= 4 is 38.5 Å². The van der Waals surface area contributed by atoms with Gasteiger partial charge >= 0.3 is 0 Å². The summed E-state index contributed by atoms with van der Waals surface area (Å²) in [5.41, 5.74) is 12.6. The summed E-state index contributed by atoms with van der Waals surface area (Å²) in [5, 5.41) is 12.5. The van der Waals surface area contributed by atoms with Crippen molar-refractivity contribution in [2.24, 2.45) is 24.6 Å². The molecule has 4 heterocycles. The lowest BCUT2D eigenvalue weighted by Crippen LogP contribution is -2.41. The van der Waals surface area contributed by atoms with E-state index in [1.165, 1.54) is 28.6 Å². The molecule has 3 saturated carbocycles. The predicted octanol–water partition coefficient (Wildman–Crippen LogP) is 5.26. The lowest BCUT2D eigenvalue weighted by molar-refractivity contribution is 0.0700. The first-order chi connectivity index (χ1) is 19.9. The van der Waals surface area contributed by atoms with Crippen molar-refractivity contribution in [3.8, 4) is 17.3 Å². The fraction of sp³-hybridized carbons (Fsp3) is 0.562. The first-order valence-corrected chi connectivity index (χ1v) is 16.2.